The summed E-state index contributed by atoms with van der Waals surface area (Å²) in [4.78, 5) is 11.6. The molecule has 0 unspecified atom stereocenters. The zero-order valence-electron chi connectivity index (χ0n) is 13.2. The molecule has 0 radical (unpaired) electrons. The zero-order chi connectivity index (χ0) is 16.0. The SMILES string of the molecule is CCN[C@H](C)CNS(=O)(=O)c1ccc(C(=O)OC)c(C)c1.Cl. The number of hydrogen-bond donors (Lipinski definition) is 2. The maximum Gasteiger partial charge on any atom is 0.338 e. The van der Waals surface area contributed by atoms with Crippen molar-refractivity contribution in [3.63, 3.8) is 0 Å². The molecule has 0 amide bonds. The molecular weight excluding hydrogens is 328 g/mol. The van der Waals surface area contributed by atoms with E-state index in [4.69, 9.17) is 0 Å². The fourth-order valence-electron chi connectivity index (χ4n) is 1.88. The van der Waals surface area contributed by atoms with Crippen LogP contribution in [0.3, 0.4) is 0 Å². The molecule has 1 rings (SSSR count). The predicted molar refractivity (Wildman–Crippen MR) is 88.1 cm³/mol. The first-order valence-corrected chi connectivity index (χ1v) is 8.22. The van der Waals surface area contributed by atoms with Gasteiger partial charge in [0.1, 0.15) is 0 Å². The second-order valence-electron chi connectivity index (χ2n) is 4.78. The third-order valence-corrected chi connectivity index (χ3v) is 4.47. The van der Waals surface area contributed by atoms with Gasteiger partial charge in [-0.05, 0) is 44.2 Å². The fourth-order valence-corrected chi connectivity index (χ4v) is 3.10. The highest BCUT2D eigenvalue weighted by Crippen LogP contribution is 2.16. The molecule has 0 aliphatic rings. The molecule has 1 aromatic carbocycles. The number of sulfonamides is 1. The molecule has 0 heterocycles. The van der Waals surface area contributed by atoms with Crippen molar-refractivity contribution in [1.82, 2.24) is 10.0 Å². The number of aryl methyl sites for hydroxylation is 1. The minimum Gasteiger partial charge on any atom is -0.465 e. The summed E-state index contributed by atoms with van der Waals surface area (Å²) in [7, 11) is -2.30. The van der Waals surface area contributed by atoms with E-state index in [0.717, 1.165) is 6.54 Å². The first kappa shape index (κ1) is 20.9. The average Bonchev–Trinajstić information content (AvgIpc) is 2.44. The molecule has 0 aliphatic heterocycles. The second-order valence-corrected chi connectivity index (χ2v) is 6.55. The van der Waals surface area contributed by atoms with Crippen molar-refractivity contribution in [3.8, 4) is 0 Å². The molecule has 1 aromatic rings. The van der Waals surface area contributed by atoms with Crippen molar-refractivity contribution in [1.29, 1.82) is 0 Å². The number of halogens is 1. The summed E-state index contributed by atoms with van der Waals surface area (Å²) >= 11 is 0. The normalized spacial score (nSPS) is 12.4. The van der Waals surface area contributed by atoms with E-state index in [-0.39, 0.29) is 23.3 Å². The highest BCUT2D eigenvalue weighted by atomic mass is 35.5. The van der Waals surface area contributed by atoms with Gasteiger partial charge in [0.25, 0.3) is 0 Å². The molecule has 6 nitrogen and oxygen atoms in total. The van der Waals surface area contributed by atoms with Gasteiger partial charge in [0.15, 0.2) is 0 Å². The Balaban J connectivity index is 0.00000441. The topological polar surface area (TPSA) is 84.5 Å². The van der Waals surface area contributed by atoms with Crippen LogP contribution in [0.5, 0.6) is 0 Å². The van der Waals surface area contributed by atoms with Gasteiger partial charge in [-0.25, -0.2) is 17.9 Å². The third kappa shape index (κ3) is 5.57. The number of rotatable bonds is 7. The maximum absolute atomic E-state index is 12.2. The van der Waals surface area contributed by atoms with Gasteiger partial charge in [0, 0.05) is 12.6 Å². The first-order chi connectivity index (χ1) is 9.81. The van der Waals surface area contributed by atoms with Gasteiger partial charge < -0.3 is 10.1 Å². The zero-order valence-corrected chi connectivity index (χ0v) is 14.8. The lowest BCUT2D eigenvalue weighted by atomic mass is 10.1. The van der Waals surface area contributed by atoms with E-state index >= 15 is 0 Å². The van der Waals surface area contributed by atoms with E-state index < -0.39 is 16.0 Å². The summed E-state index contributed by atoms with van der Waals surface area (Å²) in [5.74, 6) is -0.481. The van der Waals surface area contributed by atoms with E-state index in [9.17, 15) is 13.2 Å². The molecule has 0 saturated carbocycles. The number of carbonyl (C=O) groups is 1. The lowest BCUT2D eigenvalue weighted by Crippen LogP contribution is -2.38. The number of carbonyl (C=O) groups excluding carboxylic acids is 1. The number of ether oxygens (including phenoxy) is 1. The van der Waals surface area contributed by atoms with Crippen LogP contribution in [0.2, 0.25) is 0 Å². The summed E-state index contributed by atoms with van der Waals surface area (Å²) in [5.41, 5.74) is 0.918. The smallest absolute Gasteiger partial charge is 0.338 e. The van der Waals surface area contributed by atoms with Gasteiger partial charge in [0.05, 0.1) is 17.6 Å². The molecule has 0 aliphatic carbocycles. The van der Waals surface area contributed by atoms with Crippen molar-refractivity contribution >= 4 is 28.4 Å². The Bertz CT molecular complexity index is 605. The van der Waals surface area contributed by atoms with Crippen LogP contribution in [0.25, 0.3) is 0 Å². The van der Waals surface area contributed by atoms with Crippen LogP contribution >= 0.6 is 12.4 Å². The monoisotopic (exact) mass is 350 g/mol. The van der Waals surface area contributed by atoms with Gasteiger partial charge in [-0.15, -0.1) is 12.4 Å². The van der Waals surface area contributed by atoms with E-state index in [1.807, 2.05) is 13.8 Å². The van der Waals surface area contributed by atoms with Crippen LogP contribution in [-0.4, -0.2) is 40.6 Å². The number of nitrogens with one attached hydrogen (secondary N) is 2. The van der Waals surface area contributed by atoms with Crippen molar-refractivity contribution in [2.45, 2.75) is 31.7 Å². The van der Waals surface area contributed by atoms with Crippen LogP contribution < -0.4 is 10.0 Å². The minimum absolute atomic E-state index is 0. The number of esters is 1. The maximum atomic E-state index is 12.2. The molecule has 0 aromatic heterocycles. The van der Waals surface area contributed by atoms with Gasteiger partial charge in [0.2, 0.25) is 10.0 Å². The highest BCUT2D eigenvalue weighted by Gasteiger charge is 2.17. The van der Waals surface area contributed by atoms with E-state index in [0.29, 0.717) is 17.7 Å². The van der Waals surface area contributed by atoms with Gasteiger partial charge in [-0.3, -0.25) is 0 Å². The molecule has 0 bridgehead atoms. The Morgan fingerprint density at radius 3 is 2.50 bits per heavy atom. The molecule has 22 heavy (non-hydrogen) atoms. The predicted octanol–water partition coefficient (Wildman–Crippen LogP) is 1.48. The van der Waals surface area contributed by atoms with Crippen LogP contribution in [0.15, 0.2) is 23.1 Å². The Hall–Kier alpha value is -1.15. The average molecular weight is 351 g/mol. The summed E-state index contributed by atoms with van der Waals surface area (Å²) in [6.45, 7) is 6.61. The molecular formula is C14H23ClN2O4S. The summed E-state index contributed by atoms with van der Waals surface area (Å²) in [5, 5.41) is 3.12. The molecule has 2 N–H and O–H groups in total. The van der Waals surface area contributed by atoms with Crippen molar-refractivity contribution in [2.75, 3.05) is 20.2 Å². The number of hydrogen-bond acceptors (Lipinski definition) is 5. The lowest BCUT2D eigenvalue weighted by molar-refractivity contribution is 0.0600. The second kappa shape index (κ2) is 9.09. The van der Waals surface area contributed by atoms with Gasteiger partial charge in [-0.2, -0.15) is 0 Å². The standard InChI is InChI=1S/C14H22N2O4S.ClH/c1-5-15-11(3)9-16-21(18,19)12-6-7-13(10(2)8-12)14(17)20-4;/h6-8,11,15-16H,5,9H2,1-4H3;1H/t11-;/m1./s1. The summed E-state index contributed by atoms with van der Waals surface area (Å²) < 4.78 is 31.6. The van der Waals surface area contributed by atoms with E-state index in [2.05, 4.69) is 14.8 Å². The Morgan fingerprint density at radius 2 is 2.00 bits per heavy atom. The summed E-state index contributed by atoms with van der Waals surface area (Å²) in [6, 6.07) is 4.37. The quantitative estimate of drug-likeness (QED) is 0.728. The Kier molecular flexibility index (Phi) is 8.62. The Morgan fingerprint density at radius 1 is 1.36 bits per heavy atom. The van der Waals surface area contributed by atoms with Crippen molar-refractivity contribution in [3.05, 3.63) is 29.3 Å². The van der Waals surface area contributed by atoms with Crippen LogP contribution in [0.1, 0.15) is 29.8 Å². The number of methoxy groups -OCH3 is 1. The molecule has 0 spiro atoms. The van der Waals surface area contributed by atoms with Gasteiger partial charge >= 0.3 is 5.97 Å². The van der Waals surface area contributed by atoms with Crippen LogP contribution in [-0.2, 0) is 14.8 Å². The lowest BCUT2D eigenvalue weighted by Gasteiger charge is -2.14. The van der Waals surface area contributed by atoms with Gasteiger partial charge in [-0.1, -0.05) is 6.92 Å². The molecule has 1 atom stereocenters. The van der Waals surface area contributed by atoms with Crippen molar-refractivity contribution < 1.29 is 17.9 Å². The number of benzene rings is 1. The van der Waals surface area contributed by atoms with E-state index in [1.54, 1.807) is 6.92 Å². The minimum atomic E-state index is -3.59. The first-order valence-electron chi connectivity index (χ1n) is 6.73. The molecule has 8 heteroatoms. The summed E-state index contributed by atoms with van der Waals surface area (Å²) in [6.07, 6.45) is 0. The highest BCUT2D eigenvalue weighted by molar-refractivity contribution is 7.89. The molecule has 0 saturated heterocycles. The van der Waals surface area contributed by atoms with Crippen molar-refractivity contribution in [2.24, 2.45) is 0 Å². The largest absolute Gasteiger partial charge is 0.465 e. The van der Waals surface area contributed by atoms with Crippen LogP contribution in [0.4, 0.5) is 0 Å². The Labute approximate surface area is 138 Å². The molecule has 126 valence electrons. The molecule has 0 fully saturated rings. The number of likely N-dealkylation sites (N-methyl/N-ethyl adjacent to an activating group) is 1. The third-order valence-electron chi connectivity index (χ3n) is 3.05. The fraction of sp³-hybridized carbons (Fsp3) is 0.500. The van der Waals surface area contributed by atoms with Crippen LogP contribution in [0, 0.1) is 6.92 Å². The van der Waals surface area contributed by atoms with E-state index in [1.165, 1.54) is 25.3 Å².